The zero-order valence-electron chi connectivity index (χ0n) is 14.0. The van der Waals surface area contributed by atoms with Crippen molar-refractivity contribution in [3.63, 3.8) is 0 Å². The third kappa shape index (κ3) is 3.58. The molecule has 0 amide bonds. The van der Waals surface area contributed by atoms with Crippen molar-refractivity contribution < 1.29 is 4.74 Å². The summed E-state index contributed by atoms with van der Waals surface area (Å²) in [5, 5.41) is 12.3. The quantitative estimate of drug-likeness (QED) is 0.805. The van der Waals surface area contributed by atoms with Gasteiger partial charge in [-0.25, -0.2) is 10.9 Å². The van der Waals surface area contributed by atoms with Crippen LogP contribution in [0.15, 0.2) is 48.5 Å². The number of hydrogen-bond donors (Lipinski definition) is 3. The second-order valence-corrected chi connectivity index (χ2v) is 6.59. The summed E-state index contributed by atoms with van der Waals surface area (Å²) in [6, 6.07) is 19.2. The zero-order chi connectivity index (χ0) is 17.1. The van der Waals surface area contributed by atoms with Gasteiger partial charge in [-0.3, -0.25) is 0 Å². The fourth-order valence-corrected chi connectivity index (χ4v) is 3.51. The number of morpholine rings is 1. The Morgan fingerprint density at radius 2 is 1.48 bits per heavy atom. The minimum absolute atomic E-state index is 0.156. The van der Waals surface area contributed by atoms with Gasteiger partial charge in [0.25, 0.3) is 0 Å². The van der Waals surface area contributed by atoms with Crippen LogP contribution in [0, 0.1) is 11.3 Å². The number of nitrogens with zero attached hydrogens (tertiary/aromatic N) is 1. The molecule has 4 rings (SSSR count). The summed E-state index contributed by atoms with van der Waals surface area (Å²) < 4.78 is 5.81. The highest BCUT2D eigenvalue weighted by Gasteiger charge is 2.26. The van der Waals surface area contributed by atoms with E-state index in [-0.39, 0.29) is 18.2 Å². The zero-order valence-corrected chi connectivity index (χ0v) is 14.0. The van der Waals surface area contributed by atoms with Crippen LogP contribution >= 0.6 is 0 Å². The van der Waals surface area contributed by atoms with E-state index in [1.165, 1.54) is 16.7 Å². The van der Waals surface area contributed by atoms with Crippen molar-refractivity contribution >= 4 is 0 Å². The van der Waals surface area contributed by atoms with E-state index < -0.39 is 0 Å². The molecule has 2 aromatic rings. The fraction of sp³-hybridized carbons (Fsp3) is 0.350. The predicted molar refractivity (Wildman–Crippen MR) is 95.5 cm³/mol. The van der Waals surface area contributed by atoms with Gasteiger partial charge in [0.05, 0.1) is 24.3 Å². The molecule has 0 bridgehead atoms. The number of ether oxygens (including phenoxy) is 1. The SMILES string of the molecule is N#Cc1ccc(C2CC(c3ccc([C@H]4CNCCO4)cc3)NN2)cc1. The lowest BCUT2D eigenvalue weighted by atomic mass is 9.96. The molecule has 0 aromatic heterocycles. The summed E-state index contributed by atoms with van der Waals surface area (Å²) >= 11 is 0. The Labute approximate surface area is 148 Å². The summed E-state index contributed by atoms with van der Waals surface area (Å²) in [4.78, 5) is 0. The Morgan fingerprint density at radius 3 is 2.04 bits per heavy atom. The molecule has 0 aliphatic carbocycles. The van der Waals surface area contributed by atoms with Gasteiger partial charge in [-0.1, -0.05) is 36.4 Å². The fourth-order valence-electron chi connectivity index (χ4n) is 3.51. The minimum Gasteiger partial charge on any atom is -0.371 e. The van der Waals surface area contributed by atoms with Gasteiger partial charge < -0.3 is 10.1 Å². The van der Waals surface area contributed by atoms with Crippen molar-refractivity contribution in [2.24, 2.45) is 0 Å². The standard InChI is InChI=1S/C20H22N4O/c21-12-14-1-3-15(4-2-14)18-11-19(24-23-18)16-5-7-17(8-6-16)20-13-22-9-10-25-20/h1-8,18-20,22-24H,9-11,13H2/t18?,19?,20-/m1/s1. The maximum Gasteiger partial charge on any atom is 0.0991 e. The minimum atomic E-state index is 0.156. The van der Waals surface area contributed by atoms with E-state index in [4.69, 9.17) is 10.00 Å². The molecule has 2 aliphatic rings. The highest BCUT2D eigenvalue weighted by atomic mass is 16.5. The molecule has 128 valence electrons. The average molecular weight is 334 g/mol. The van der Waals surface area contributed by atoms with Gasteiger partial charge in [-0.05, 0) is 35.2 Å². The molecule has 5 nitrogen and oxygen atoms in total. The van der Waals surface area contributed by atoms with E-state index in [9.17, 15) is 0 Å². The molecular weight excluding hydrogens is 312 g/mol. The maximum atomic E-state index is 8.91. The first-order valence-corrected chi connectivity index (χ1v) is 8.77. The number of hydrogen-bond acceptors (Lipinski definition) is 5. The van der Waals surface area contributed by atoms with E-state index in [0.717, 1.165) is 26.1 Å². The van der Waals surface area contributed by atoms with Gasteiger partial charge in [-0.15, -0.1) is 0 Å². The van der Waals surface area contributed by atoms with Crippen LogP contribution in [-0.2, 0) is 4.74 Å². The summed E-state index contributed by atoms with van der Waals surface area (Å²) in [6.45, 7) is 2.58. The van der Waals surface area contributed by atoms with Gasteiger partial charge >= 0.3 is 0 Å². The molecule has 0 saturated carbocycles. The number of nitriles is 1. The van der Waals surface area contributed by atoms with Crippen LogP contribution in [0.2, 0.25) is 0 Å². The first-order valence-electron chi connectivity index (χ1n) is 8.77. The van der Waals surface area contributed by atoms with E-state index in [0.29, 0.717) is 5.56 Å². The van der Waals surface area contributed by atoms with Crippen LogP contribution in [-0.4, -0.2) is 19.7 Å². The lowest BCUT2D eigenvalue weighted by Gasteiger charge is -2.24. The molecule has 3 N–H and O–H groups in total. The molecule has 5 heteroatoms. The third-order valence-electron chi connectivity index (χ3n) is 4.98. The van der Waals surface area contributed by atoms with Gasteiger partial charge in [0, 0.05) is 25.2 Å². The normalized spacial score (nSPS) is 26.3. The highest BCUT2D eigenvalue weighted by Crippen LogP contribution is 2.31. The van der Waals surface area contributed by atoms with Crippen LogP contribution in [0.4, 0.5) is 0 Å². The topological polar surface area (TPSA) is 69.1 Å². The predicted octanol–water partition coefficient (Wildman–Crippen LogP) is 2.50. The number of benzene rings is 2. The summed E-state index contributed by atoms with van der Waals surface area (Å²) in [7, 11) is 0. The largest absolute Gasteiger partial charge is 0.371 e. The van der Waals surface area contributed by atoms with E-state index >= 15 is 0 Å². The first-order chi connectivity index (χ1) is 12.3. The Hall–Kier alpha value is -2.23. The van der Waals surface area contributed by atoms with E-state index in [1.807, 2.05) is 24.3 Å². The molecule has 2 unspecified atom stereocenters. The lowest BCUT2D eigenvalue weighted by Crippen LogP contribution is -2.33. The Kier molecular flexibility index (Phi) is 4.77. The van der Waals surface area contributed by atoms with Crippen LogP contribution in [0.1, 0.15) is 46.9 Å². The molecule has 3 atom stereocenters. The van der Waals surface area contributed by atoms with Gasteiger partial charge in [0.2, 0.25) is 0 Å². The third-order valence-corrected chi connectivity index (χ3v) is 4.98. The molecular formula is C20H22N4O. The van der Waals surface area contributed by atoms with Crippen molar-refractivity contribution in [3.05, 3.63) is 70.8 Å². The number of hydrazine groups is 1. The molecule has 0 spiro atoms. The summed E-state index contributed by atoms with van der Waals surface area (Å²) in [5.74, 6) is 0. The second kappa shape index (κ2) is 7.34. The van der Waals surface area contributed by atoms with Crippen LogP contribution < -0.4 is 16.2 Å². The van der Waals surface area contributed by atoms with Gasteiger partial charge in [-0.2, -0.15) is 5.26 Å². The van der Waals surface area contributed by atoms with Gasteiger partial charge in [0.1, 0.15) is 0 Å². The van der Waals surface area contributed by atoms with Crippen molar-refractivity contribution in [3.8, 4) is 6.07 Å². The molecule has 2 fully saturated rings. The Morgan fingerprint density at radius 1 is 0.880 bits per heavy atom. The molecule has 25 heavy (non-hydrogen) atoms. The van der Waals surface area contributed by atoms with Crippen LogP contribution in [0.5, 0.6) is 0 Å². The van der Waals surface area contributed by atoms with Crippen LogP contribution in [0.3, 0.4) is 0 Å². The monoisotopic (exact) mass is 334 g/mol. The molecule has 2 aromatic carbocycles. The maximum absolute atomic E-state index is 8.91. The molecule has 2 aliphatic heterocycles. The lowest BCUT2D eigenvalue weighted by molar-refractivity contribution is 0.0277. The van der Waals surface area contributed by atoms with Crippen molar-refractivity contribution in [1.82, 2.24) is 16.2 Å². The number of rotatable bonds is 3. The van der Waals surface area contributed by atoms with Crippen molar-refractivity contribution in [2.75, 3.05) is 19.7 Å². The van der Waals surface area contributed by atoms with Crippen molar-refractivity contribution in [2.45, 2.75) is 24.6 Å². The summed E-state index contributed by atoms with van der Waals surface area (Å²) in [5.41, 5.74) is 11.2. The second-order valence-electron chi connectivity index (χ2n) is 6.59. The first kappa shape index (κ1) is 16.2. The highest BCUT2D eigenvalue weighted by molar-refractivity contribution is 5.34. The molecule has 0 radical (unpaired) electrons. The summed E-state index contributed by atoms with van der Waals surface area (Å²) in [6.07, 6.45) is 1.14. The van der Waals surface area contributed by atoms with E-state index in [1.54, 1.807) is 0 Å². The average Bonchev–Trinajstić information content (AvgIpc) is 3.19. The van der Waals surface area contributed by atoms with Crippen molar-refractivity contribution in [1.29, 1.82) is 5.26 Å². The number of nitrogens with one attached hydrogen (secondary N) is 3. The molecule has 2 saturated heterocycles. The van der Waals surface area contributed by atoms with Crippen LogP contribution in [0.25, 0.3) is 0 Å². The Balaban J connectivity index is 1.41. The van der Waals surface area contributed by atoms with E-state index in [2.05, 4.69) is 46.5 Å². The molecule has 2 heterocycles. The Bertz CT molecular complexity index is 745. The van der Waals surface area contributed by atoms with Gasteiger partial charge in [0.15, 0.2) is 0 Å². The smallest absolute Gasteiger partial charge is 0.0991 e.